The molecule has 2 aromatic carbocycles. The van der Waals surface area contributed by atoms with E-state index in [-0.39, 0.29) is 6.04 Å². The van der Waals surface area contributed by atoms with Crippen LogP contribution in [0.15, 0.2) is 57.9 Å². The van der Waals surface area contributed by atoms with Crippen LogP contribution in [0.5, 0.6) is 0 Å². The summed E-state index contributed by atoms with van der Waals surface area (Å²) in [5, 5.41) is 0. The minimum Gasteiger partial charge on any atom is -0.271 e. The van der Waals surface area contributed by atoms with Gasteiger partial charge in [0.1, 0.15) is 0 Å². The van der Waals surface area contributed by atoms with Crippen molar-refractivity contribution in [3.05, 3.63) is 64.1 Å². The Kier molecular flexibility index (Phi) is 6.10. The first-order chi connectivity index (χ1) is 9.69. The van der Waals surface area contributed by atoms with Crippen LogP contribution in [0, 0.1) is 6.92 Å². The number of thioether (sulfide) groups is 1. The van der Waals surface area contributed by atoms with E-state index in [4.69, 9.17) is 5.84 Å². The Bertz CT molecular complexity index is 542. The average Bonchev–Trinajstić information content (AvgIpc) is 2.47. The number of halogens is 1. The summed E-state index contributed by atoms with van der Waals surface area (Å²) in [5.41, 5.74) is 5.48. The van der Waals surface area contributed by atoms with Gasteiger partial charge < -0.3 is 0 Å². The Morgan fingerprint density at radius 1 is 1.15 bits per heavy atom. The van der Waals surface area contributed by atoms with E-state index in [0.717, 1.165) is 16.6 Å². The van der Waals surface area contributed by atoms with Gasteiger partial charge in [-0.1, -0.05) is 51.8 Å². The molecule has 2 rings (SSSR count). The summed E-state index contributed by atoms with van der Waals surface area (Å²) in [4.78, 5) is 1.28. The predicted molar refractivity (Wildman–Crippen MR) is 90.9 cm³/mol. The Labute approximate surface area is 133 Å². The summed E-state index contributed by atoms with van der Waals surface area (Å²) in [7, 11) is 0. The van der Waals surface area contributed by atoms with E-state index >= 15 is 0 Å². The third-order valence-electron chi connectivity index (χ3n) is 3.13. The minimum atomic E-state index is 0.250. The molecule has 4 heteroatoms. The van der Waals surface area contributed by atoms with Crippen LogP contribution >= 0.6 is 27.7 Å². The fourth-order valence-electron chi connectivity index (χ4n) is 1.93. The fraction of sp³-hybridized carbons (Fsp3) is 0.250. The molecule has 0 amide bonds. The SMILES string of the molecule is Cc1ccc(SCC(Cc2ccccc2Br)NN)cc1. The standard InChI is InChI=1S/C16H19BrN2S/c1-12-6-8-15(9-7-12)20-11-14(19-18)10-13-4-2-3-5-16(13)17/h2-9,14,19H,10-11,18H2,1H3. The summed E-state index contributed by atoms with van der Waals surface area (Å²) in [6, 6.07) is 17.1. The molecule has 0 bridgehead atoms. The number of aryl methyl sites for hydroxylation is 1. The van der Waals surface area contributed by atoms with Crippen LogP contribution in [0.3, 0.4) is 0 Å². The second-order valence-electron chi connectivity index (χ2n) is 4.78. The monoisotopic (exact) mass is 350 g/mol. The van der Waals surface area contributed by atoms with Gasteiger partial charge in [-0.25, -0.2) is 0 Å². The lowest BCUT2D eigenvalue weighted by Gasteiger charge is -2.16. The lowest BCUT2D eigenvalue weighted by atomic mass is 10.1. The summed E-state index contributed by atoms with van der Waals surface area (Å²) >= 11 is 5.41. The number of nitrogens with one attached hydrogen (secondary N) is 1. The van der Waals surface area contributed by atoms with E-state index in [1.165, 1.54) is 16.0 Å². The number of benzene rings is 2. The van der Waals surface area contributed by atoms with Crippen molar-refractivity contribution in [3.63, 3.8) is 0 Å². The van der Waals surface area contributed by atoms with Crippen molar-refractivity contribution < 1.29 is 0 Å². The first kappa shape index (κ1) is 15.6. The molecule has 1 unspecified atom stereocenters. The highest BCUT2D eigenvalue weighted by molar-refractivity contribution is 9.10. The molecule has 0 aliphatic rings. The Morgan fingerprint density at radius 2 is 1.85 bits per heavy atom. The molecule has 0 spiro atoms. The maximum Gasteiger partial charge on any atom is 0.0345 e. The predicted octanol–water partition coefficient (Wildman–Crippen LogP) is 3.92. The van der Waals surface area contributed by atoms with E-state index in [1.54, 1.807) is 0 Å². The average molecular weight is 351 g/mol. The molecule has 1 atom stereocenters. The van der Waals surface area contributed by atoms with Gasteiger partial charge in [0.05, 0.1) is 0 Å². The quantitative estimate of drug-likeness (QED) is 0.471. The van der Waals surface area contributed by atoms with Gasteiger partial charge in [-0.2, -0.15) is 0 Å². The summed E-state index contributed by atoms with van der Waals surface area (Å²) in [6.45, 7) is 2.10. The molecule has 0 saturated heterocycles. The van der Waals surface area contributed by atoms with Gasteiger partial charge in [-0.15, -0.1) is 11.8 Å². The first-order valence-electron chi connectivity index (χ1n) is 6.58. The summed E-state index contributed by atoms with van der Waals surface area (Å²) < 4.78 is 1.14. The van der Waals surface area contributed by atoms with E-state index in [1.807, 2.05) is 17.8 Å². The zero-order valence-corrected chi connectivity index (χ0v) is 13.9. The number of rotatable bonds is 6. The molecular weight excluding hydrogens is 332 g/mol. The largest absolute Gasteiger partial charge is 0.271 e. The second-order valence-corrected chi connectivity index (χ2v) is 6.73. The molecule has 106 valence electrons. The van der Waals surface area contributed by atoms with Crippen LogP contribution in [0.25, 0.3) is 0 Å². The normalized spacial score (nSPS) is 12.3. The van der Waals surface area contributed by atoms with Gasteiger partial charge in [0, 0.05) is 21.2 Å². The van der Waals surface area contributed by atoms with Gasteiger partial charge in [0.25, 0.3) is 0 Å². The van der Waals surface area contributed by atoms with E-state index in [9.17, 15) is 0 Å². The molecule has 0 aliphatic heterocycles. The number of hydrogen-bond donors (Lipinski definition) is 2. The fourth-order valence-corrected chi connectivity index (χ4v) is 3.31. The van der Waals surface area contributed by atoms with Crippen LogP contribution < -0.4 is 11.3 Å². The van der Waals surface area contributed by atoms with Crippen molar-refractivity contribution >= 4 is 27.7 Å². The lowest BCUT2D eigenvalue weighted by Crippen LogP contribution is -2.38. The lowest BCUT2D eigenvalue weighted by molar-refractivity contribution is 0.574. The maximum absolute atomic E-state index is 5.68. The van der Waals surface area contributed by atoms with Crippen LogP contribution in [-0.2, 0) is 6.42 Å². The maximum atomic E-state index is 5.68. The number of nitrogens with two attached hydrogens (primary N) is 1. The highest BCUT2D eigenvalue weighted by Gasteiger charge is 2.10. The molecule has 0 radical (unpaired) electrons. The topological polar surface area (TPSA) is 38.0 Å². The zero-order valence-electron chi connectivity index (χ0n) is 11.5. The van der Waals surface area contributed by atoms with E-state index in [0.29, 0.717) is 0 Å². The zero-order chi connectivity index (χ0) is 14.4. The molecule has 0 aromatic heterocycles. The highest BCUT2D eigenvalue weighted by atomic mass is 79.9. The molecule has 0 fully saturated rings. The summed E-state index contributed by atoms with van der Waals surface area (Å²) in [5.74, 6) is 6.63. The highest BCUT2D eigenvalue weighted by Crippen LogP contribution is 2.22. The van der Waals surface area contributed by atoms with Crippen molar-refractivity contribution in [1.82, 2.24) is 5.43 Å². The van der Waals surface area contributed by atoms with Crippen LogP contribution in [0.2, 0.25) is 0 Å². The Morgan fingerprint density at radius 3 is 2.50 bits per heavy atom. The van der Waals surface area contributed by atoms with Crippen molar-refractivity contribution in [2.24, 2.45) is 5.84 Å². The van der Waals surface area contributed by atoms with Gasteiger partial charge in [0.2, 0.25) is 0 Å². The van der Waals surface area contributed by atoms with Crippen LogP contribution in [-0.4, -0.2) is 11.8 Å². The molecule has 2 nitrogen and oxygen atoms in total. The number of hydrogen-bond acceptors (Lipinski definition) is 3. The number of hydrazine groups is 1. The Balaban J connectivity index is 1.92. The minimum absolute atomic E-state index is 0.250. The van der Waals surface area contributed by atoms with Gasteiger partial charge in [-0.05, 0) is 37.1 Å². The third-order valence-corrected chi connectivity index (χ3v) is 5.08. The summed E-state index contributed by atoms with van der Waals surface area (Å²) in [6.07, 6.45) is 0.913. The molecule has 2 aromatic rings. The molecule has 3 N–H and O–H groups in total. The molecule has 0 heterocycles. The smallest absolute Gasteiger partial charge is 0.0345 e. The van der Waals surface area contributed by atoms with Gasteiger partial charge in [0.15, 0.2) is 0 Å². The molecule has 0 saturated carbocycles. The van der Waals surface area contributed by atoms with Crippen molar-refractivity contribution in [1.29, 1.82) is 0 Å². The van der Waals surface area contributed by atoms with E-state index < -0.39 is 0 Å². The molecular formula is C16H19BrN2S. The molecule has 20 heavy (non-hydrogen) atoms. The van der Waals surface area contributed by atoms with Crippen molar-refractivity contribution in [2.75, 3.05) is 5.75 Å². The van der Waals surface area contributed by atoms with E-state index in [2.05, 4.69) is 70.7 Å². The van der Waals surface area contributed by atoms with Crippen molar-refractivity contribution in [2.45, 2.75) is 24.3 Å². The molecule has 0 aliphatic carbocycles. The van der Waals surface area contributed by atoms with Gasteiger partial charge >= 0.3 is 0 Å². The third kappa shape index (κ3) is 4.63. The van der Waals surface area contributed by atoms with Gasteiger partial charge in [-0.3, -0.25) is 11.3 Å². The van der Waals surface area contributed by atoms with Crippen LogP contribution in [0.1, 0.15) is 11.1 Å². The van der Waals surface area contributed by atoms with Crippen LogP contribution in [0.4, 0.5) is 0 Å². The van der Waals surface area contributed by atoms with Crippen molar-refractivity contribution in [3.8, 4) is 0 Å². The second kappa shape index (κ2) is 7.84. The first-order valence-corrected chi connectivity index (χ1v) is 8.36. The Hall–Kier alpha value is -0.810.